The maximum absolute atomic E-state index is 9.36. The summed E-state index contributed by atoms with van der Waals surface area (Å²) in [6, 6.07) is 0. The SMILES string of the molecule is CCC(CC)(CO)NCc1cncnc1. The fourth-order valence-corrected chi connectivity index (χ4v) is 1.49. The lowest BCUT2D eigenvalue weighted by molar-refractivity contribution is 0.149. The van der Waals surface area contributed by atoms with Gasteiger partial charge in [0.15, 0.2) is 0 Å². The zero-order valence-electron chi connectivity index (χ0n) is 9.40. The predicted molar refractivity (Wildman–Crippen MR) is 59.3 cm³/mol. The van der Waals surface area contributed by atoms with E-state index in [0.717, 1.165) is 18.4 Å². The number of aromatic nitrogens is 2. The molecule has 0 atom stereocenters. The highest BCUT2D eigenvalue weighted by molar-refractivity contribution is 5.03. The van der Waals surface area contributed by atoms with Crippen LogP contribution >= 0.6 is 0 Å². The van der Waals surface area contributed by atoms with Crippen LogP contribution in [-0.4, -0.2) is 27.2 Å². The highest BCUT2D eigenvalue weighted by atomic mass is 16.3. The van der Waals surface area contributed by atoms with Crippen LogP contribution in [0.3, 0.4) is 0 Å². The molecule has 4 nitrogen and oxygen atoms in total. The second-order valence-electron chi connectivity index (χ2n) is 3.75. The zero-order valence-corrected chi connectivity index (χ0v) is 9.40. The summed E-state index contributed by atoms with van der Waals surface area (Å²) in [5.74, 6) is 0. The van der Waals surface area contributed by atoms with Crippen LogP contribution in [0.1, 0.15) is 32.3 Å². The molecule has 15 heavy (non-hydrogen) atoms. The Labute approximate surface area is 90.8 Å². The smallest absolute Gasteiger partial charge is 0.115 e. The minimum absolute atomic E-state index is 0.160. The first-order valence-electron chi connectivity index (χ1n) is 5.36. The van der Waals surface area contributed by atoms with E-state index in [9.17, 15) is 5.11 Å². The van der Waals surface area contributed by atoms with E-state index in [1.54, 1.807) is 12.4 Å². The molecule has 0 saturated heterocycles. The molecule has 0 saturated carbocycles. The predicted octanol–water partition coefficient (Wildman–Crippen LogP) is 1.12. The Morgan fingerprint density at radius 2 is 1.87 bits per heavy atom. The van der Waals surface area contributed by atoms with Crippen LogP contribution in [0.25, 0.3) is 0 Å². The zero-order chi connectivity index (χ0) is 11.1. The first-order valence-corrected chi connectivity index (χ1v) is 5.36. The van der Waals surface area contributed by atoms with Crippen LogP contribution < -0.4 is 5.32 Å². The molecule has 0 unspecified atom stereocenters. The molecule has 0 bridgehead atoms. The van der Waals surface area contributed by atoms with E-state index in [4.69, 9.17) is 0 Å². The minimum Gasteiger partial charge on any atom is -0.394 e. The van der Waals surface area contributed by atoms with Crippen LogP contribution in [0.15, 0.2) is 18.7 Å². The fourth-order valence-electron chi connectivity index (χ4n) is 1.49. The summed E-state index contributed by atoms with van der Waals surface area (Å²) in [6.07, 6.45) is 6.91. The summed E-state index contributed by atoms with van der Waals surface area (Å²) < 4.78 is 0. The Kier molecular flexibility index (Phi) is 4.65. The van der Waals surface area contributed by atoms with E-state index >= 15 is 0 Å². The molecule has 1 heterocycles. The van der Waals surface area contributed by atoms with E-state index in [1.807, 2.05) is 0 Å². The number of nitrogens with one attached hydrogen (secondary N) is 1. The molecule has 0 spiro atoms. The molecular formula is C11H19N3O. The van der Waals surface area contributed by atoms with Gasteiger partial charge in [-0.2, -0.15) is 0 Å². The van der Waals surface area contributed by atoms with Crippen molar-refractivity contribution in [3.8, 4) is 0 Å². The third-order valence-corrected chi connectivity index (χ3v) is 2.94. The van der Waals surface area contributed by atoms with Gasteiger partial charge in [0.2, 0.25) is 0 Å². The van der Waals surface area contributed by atoms with Crippen molar-refractivity contribution in [3.63, 3.8) is 0 Å². The molecule has 1 rings (SSSR count). The van der Waals surface area contributed by atoms with E-state index in [0.29, 0.717) is 6.54 Å². The van der Waals surface area contributed by atoms with Gasteiger partial charge >= 0.3 is 0 Å². The van der Waals surface area contributed by atoms with Gasteiger partial charge < -0.3 is 10.4 Å². The summed E-state index contributed by atoms with van der Waals surface area (Å²) in [5.41, 5.74) is 0.868. The highest BCUT2D eigenvalue weighted by Gasteiger charge is 2.23. The largest absolute Gasteiger partial charge is 0.394 e. The molecular weight excluding hydrogens is 190 g/mol. The quantitative estimate of drug-likeness (QED) is 0.737. The number of aliphatic hydroxyl groups is 1. The monoisotopic (exact) mass is 209 g/mol. The third kappa shape index (κ3) is 3.25. The van der Waals surface area contributed by atoms with Gasteiger partial charge in [-0.25, -0.2) is 9.97 Å². The number of aliphatic hydroxyl groups excluding tert-OH is 1. The van der Waals surface area contributed by atoms with Crippen LogP contribution in [0.5, 0.6) is 0 Å². The van der Waals surface area contributed by atoms with Gasteiger partial charge in [0.1, 0.15) is 6.33 Å². The Hall–Kier alpha value is -1.00. The van der Waals surface area contributed by atoms with Crippen molar-refractivity contribution in [2.24, 2.45) is 0 Å². The molecule has 0 fully saturated rings. The first-order chi connectivity index (χ1) is 7.26. The summed E-state index contributed by atoms with van der Waals surface area (Å²) in [5, 5.41) is 12.7. The van der Waals surface area contributed by atoms with Crippen LogP contribution in [0.2, 0.25) is 0 Å². The number of nitrogens with zero attached hydrogens (tertiary/aromatic N) is 2. The summed E-state index contributed by atoms with van der Waals surface area (Å²) in [7, 11) is 0. The van der Waals surface area contributed by atoms with E-state index in [2.05, 4.69) is 29.1 Å². The molecule has 0 aromatic carbocycles. The highest BCUT2D eigenvalue weighted by Crippen LogP contribution is 2.14. The van der Waals surface area contributed by atoms with Gasteiger partial charge in [0.05, 0.1) is 6.61 Å². The van der Waals surface area contributed by atoms with Crippen molar-refractivity contribution in [2.45, 2.75) is 38.8 Å². The van der Waals surface area contributed by atoms with Crippen molar-refractivity contribution in [3.05, 3.63) is 24.3 Å². The molecule has 1 aromatic rings. The molecule has 0 aliphatic heterocycles. The Morgan fingerprint density at radius 1 is 1.27 bits per heavy atom. The minimum atomic E-state index is -0.171. The first kappa shape index (κ1) is 12.1. The number of hydrogen-bond donors (Lipinski definition) is 2. The summed E-state index contributed by atoms with van der Waals surface area (Å²) in [4.78, 5) is 7.90. The van der Waals surface area contributed by atoms with Crippen LogP contribution in [-0.2, 0) is 6.54 Å². The topological polar surface area (TPSA) is 58.0 Å². The van der Waals surface area contributed by atoms with Crippen LogP contribution in [0.4, 0.5) is 0 Å². The van der Waals surface area contributed by atoms with Crippen LogP contribution in [0, 0.1) is 0 Å². The average molecular weight is 209 g/mol. The molecule has 84 valence electrons. The maximum Gasteiger partial charge on any atom is 0.115 e. The Bertz CT molecular complexity index is 264. The second-order valence-corrected chi connectivity index (χ2v) is 3.75. The molecule has 0 amide bonds. The maximum atomic E-state index is 9.36. The molecule has 2 N–H and O–H groups in total. The Balaban J connectivity index is 2.54. The van der Waals surface area contributed by atoms with E-state index in [-0.39, 0.29) is 12.1 Å². The number of hydrogen-bond acceptors (Lipinski definition) is 4. The molecule has 0 radical (unpaired) electrons. The van der Waals surface area contributed by atoms with Gasteiger partial charge in [0.25, 0.3) is 0 Å². The lowest BCUT2D eigenvalue weighted by Gasteiger charge is -2.30. The Morgan fingerprint density at radius 3 is 2.33 bits per heavy atom. The molecule has 1 aromatic heterocycles. The third-order valence-electron chi connectivity index (χ3n) is 2.94. The molecule has 0 aliphatic carbocycles. The van der Waals surface area contributed by atoms with Gasteiger partial charge in [-0.15, -0.1) is 0 Å². The molecule has 0 aliphatic rings. The standard InChI is InChI=1S/C11H19N3O/c1-3-11(4-2,8-15)14-7-10-5-12-9-13-6-10/h5-6,9,14-15H,3-4,7-8H2,1-2H3. The lowest BCUT2D eigenvalue weighted by Crippen LogP contribution is -2.47. The fraction of sp³-hybridized carbons (Fsp3) is 0.636. The lowest BCUT2D eigenvalue weighted by atomic mass is 9.94. The summed E-state index contributed by atoms with van der Waals surface area (Å²) >= 11 is 0. The van der Waals surface area contributed by atoms with Gasteiger partial charge in [-0.3, -0.25) is 0 Å². The second kappa shape index (κ2) is 5.78. The van der Waals surface area contributed by atoms with Crippen molar-refractivity contribution in [1.29, 1.82) is 0 Å². The normalized spacial score (nSPS) is 11.7. The van der Waals surface area contributed by atoms with Gasteiger partial charge in [-0.1, -0.05) is 13.8 Å². The van der Waals surface area contributed by atoms with Crippen molar-refractivity contribution in [2.75, 3.05) is 6.61 Å². The van der Waals surface area contributed by atoms with Gasteiger partial charge in [0, 0.05) is 30.0 Å². The van der Waals surface area contributed by atoms with E-state index in [1.165, 1.54) is 6.33 Å². The number of rotatable bonds is 6. The van der Waals surface area contributed by atoms with Crippen molar-refractivity contribution < 1.29 is 5.11 Å². The molecule has 4 heteroatoms. The van der Waals surface area contributed by atoms with Gasteiger partial charge in [-0.05, 0) is 12.8 Å². The van der Waals surface area contributed by atoms with Crippen molar-refractivity contribution >= 4 is 0 Å². The summed E-state index contributed by atoms with van der Waals surface area (Å²) in [6.45, 7) is 5.01. The van der Waals surface area contributed by atoms with Crippen molar-refractivity contribution in [1.82, 2.24) is 15.3 Å². The van der Waals surface area contributed by atoms with E-state index < -0.39 is 0 Å². The average Bonchev–Trinajstić information content (AvgIpc) is 2.33.